The predicted molar refractivity (Wildman–Crippen MR) is 129 cm³/mol. The molecule has 1 fully saturated rings. The summed E-state index contributed by atoms with van der Waals surface area (Å²) in [5.74, 6) is 0.413. The molecule has 0 atom stereocenters. The van der Waals surface area contributed by atoms with Crippen molar-refractivity contribution in [1.82, 2.24) is 5.32 Å². The molecular formula is C27H25FN2O4. The third-order valence-electron chi connectivity index (χ3n) is 5.92. The van der Waals surface area contributed by atoms with Gasteiger partial charge >= 0.3 is 0 Å². The quantitative estimate of drug-likeness (QED) is 0.438. The van der Waals surface area contributed by atoms with Gasteiger partial charge in [-0.05, 0) is 35.9 Å². The molecule has 2 heterocycles. The van der Waals surface area contributed by atoms with Crippen LogP contribution in [-0.4, -0.2) is 39.3 Å². The Balaban J connectivity index is 1.64. The summed E-state index contributed by atoms with van der Waals surface area (Å²) in [6.07, 6.45) is 0. The SMILES string of the molecule is CNC(=O)c1c(-c2ccc(F)cc2)oc2cc(N3CCOCC3)c(OCc3ccccc3)cc12. The normalized spacial score (nSPS) is 13.8. The van der Waals surface area contributed by atoms with Crippen molar-refractivity contribution in [3.8, 4) is 17.1 Å². The number of halogens is 1. The van der Waals surface area contributed by atoms with Gasteiger partial charge in [0.2, 0.25) is 0 Å². The van der Waals surface area contributed by atoms with Gasteiger partial charge in [0.15, 0.2) is 0 Å². The number of hydrogen-bond acceptors (Lipinski definition) is 5. The van der Waals surface area contributed by atoms with Gasteiger partial charge in [0.25, 0.3) is 5.91 Å². The molecule has 7 heteroatoms. The number of carbonyl (C=O) groups is 1. The summed E-state index contributed by atoms with van der Waals surface area (Å²) in [6, 6.07) is 19.6. The molecule has 5 rings (SSSR count). The van der Waals surface area contributed by atoms with Crippen LogP contribution in [0.5, 0.6) is 5.75 Å². The number of benzene rings is 3. The molecule has 0 saturated carbocycles. The summed E-state index contributed by atoms with van der Waals surface area (Å²) in [5, 5.41) is 3.33. The monoisotopic (exact) mass is 460 g/mol. The second-order valence-electron chi connectivity index (χ2n) is 8.08. The van der Waals surface area contributed by atoms with Crippen molar-refractivity contribution < 1.29 is 23.1 Å². The molecule has 1 amide bonds. The van der Waals surface area contributed by atoms with Gasteiger partial charge in [0, 0.05) is 37.2 Å². The Bertz CT molecular complexity index is 1300. The Morgan fingerprint density at radius 1 is 1.06 bits per heavy atom. The van der Waals surface area contributed by atoms with Gasteiger partial charge in [0.1, 0.15) is 29.5 Å². The molecule has 6 nitrogen and oxygen atoms in total. The Hall–Kier alpha value is -3.84. The second kappa shape index (κ2) is 9.57. The summed E-state index contributed by atoms with van der Waals surface area (Å²) in [5.41, 5.74) is 3.50. The lowest BCUT2D eigenvalue weighted by molar-refractivity contribution is 0.0964. The minimum Gasteiger partial charge on any atom is -0.487 e. The van der Waals surface area contributed by atoms with E-state index in [2.05, 4.69) is 10.2 Å². The van der Waals surface area contributed by atoms with Crippen LogP contribution < -0.4 is 15.0 Å². The molecule has 34 heavy (non-hydrogen) atoms. The van der Waals surface area contributed by atoms with E-state index in [1.807, 2.05) is 42.5 Å². The van der Waals surface area contributed by atoms with Crippen LogP contribution in [0.25, 0.3) is 22.3 Å². The Morgan fingerprint density at radius 3 is 2.50 bits per heavy atom. The average Bonchev–Trinajstić information content (AvgIpc) is 3.26. The molecule has 1 aliphatic heterocycles. The Kier molecular flexibility index (Phi) is 6.18. The number of rotatable bonds is 6. The highest BCUT2D eigenvalue weighted by Crippen LogP contribution is 2.41. The molecule has 1 N–H and O–H groups in total. The lowest BCUT2D eigenvalue weighted by atomic mass is 10.0. The number of nitrogens with one attached hydrogen (secondary N) is 1. The zero-order valence-electron chi connectivity index (χ0n) is 18.8. The van der Waals surface area contributed by atoms with Gasteiger partial charge in [-0.15, -0.1) is 0 Å². The largest absolute Gasteiger partial charge is 0.487 e. The number of ether oxygens (including phenoxy) is 2. The number of morpholine rings is 1. The van der Waals surface area contributed by atoms with E-state index in [1.54, 1.807) is 19.2 Å². The van der Waals surface area contributed by atoms with E-state index in [0.717, 1.165) is 24.3 Å². The van der Waals surface area contributed by atoms with Crippen LogP contribution in [-0.2, 0) is 11.3 Å². The molecule has 0 radical (unpaired) electrons. The van der Waals surface area contributed by atoms with Crippen LogP contribution in [0.15, 0.2) is 71.1 Å². The van der Waals surface area contributed by atoms with Crippen LogP contribution in [0.4, 0.5) is 10.1 Å². The van der Waals surface area contributed by atoms with E-state index in [9.17, 15) is 9.18 Å². The van der Waals surface area contributed by atoms with Crippen molar-refractivity contribution >= 4 is 22.6 Å². The molecule has 1 aromatic heterocycles. The fraction of sp³-hybridized carbons (Fsp3) is 0.222. The number of hydrogen-bond donors (Lipinski definition) is 1. The first kappa shape index (κ1) is 22.0. The average molecular weight is 461 g/mol. The number of amides is 1. The molecular weight excluding hydrogens is 435 g/mol. The van der Waals surface area contributed by atoms with Crippen LogP contribution in [0.2, 0.25) is 0 Å². The lowest BCUT2D eigenvalue weighted by Crippen LogP contribution is -2.36. The van der Waals surface area contributed by atoms with Crippen molar-refractivity contribution in [3.63, 3.8) is 0 Å². The smallest absolute Gasteiger partial charge is 0.255 e. The first-order valence-electron chi connectivity index (χ1n) is 11.2. The highest BCUT2D eigenvalue weighted by atomic mass is 19.1. The molecule has 3 aromatic carbocycles. The number of fused-ring (bicyclic) bond motifs is 1. The maximum absolute atomic E-state index is 13.5. The van der Waals surface area contributed by atoms with E-state index in [-0.39, 0.29) is 11.7 Å². The third kappa shape index (κ3) is 4.34. The van der Waals surface area contributed by atoms with Gasteiger partial charge in [-0.2, -0.15) is 0 Å². The lowest BCUT2D eigenvalue weighted by Gasteiger charge is -2.30. The number of furan rings is 1. The highest BCUT2D eigenvalue weighted by molar-refractivity contribution is 6.12. The second-order valence-corrected chi connectivity index (χ2v) is 8.08. The third-order valence-corrected chi connectivity index (χ3v) is 5.92. The molecule has 0 spiro atoms. The predicted octanol–water partition coefficient (Wildman–Crippen LogP) is 5.01. The zero-order valence-corrected chi connectivity index (χ0v) is 18.8. The van der Waals surface area contributed by atoms with E-state index in [0.29, 0.717) is 53.4 Å². The molecule has 174 valence electrons. The fourth-order valence-electron chi connectivity index (χ4n) is 4.17. The van der Waals surface area contributed by atoms with Crippen molar-refractivity contribution in [1.29, 1.82) is 0 Å². The van der Waals surface area contributed by atoms with Crippen LogP contribution >= 0.6 is 0 Å². The van der Waals surface area contributed by atoms with Gasteiger partial charge < -0.3 is 24.1 Å². The van der Waals surface area contributed by atoms with Gasteiger partial charge in [0.05, 0.1) is 24.5 Å². The van der Waals surface area contributed by atoms with Crippen LogP contribution in [0.1, 0.15) is 15.9 Å². The standard InChI is InChI=1S/C27H25FN2O4/c1-29-27(31)25-21-15-24(33-17-18-5-3-2-4-6-18)22(30-11-13-32-14-12-30)16-23(21)34-26(25)19-7-9-20(28)10-8-19/h2-10,15-16H,11-14,17H2,1H3,(H,29,31). The van der Waals surface area contributed by atoms with Crippen molar-refractivity contribution in [3.05, 3.63) is 83.7 Å². The maximum atomic E-state index is 13.5. The van der Waals surface area contributed by atoms with Crippen molar-refractivity contribution in [2.24, 2.45) is 0 Å². The van der Waals surface area contributed by atoms with Crippen LogP contribution in [0.3, 0.4) is 0 Å². The molecule has 0 bridgehead atoms. The first-order valence-corrected chi connectivity index (χ1v) is 11.2. The minimum atomic E-state index is -0.354. The van der Waals surface area contributed by atoms with E-state index in [1.165, 1.54) is 12.1 Å². The van der Waals surface area contributed by atoms with Gasteiger partial charge in [-0.1, -0.05) is 30.3 Å². The first-order chi connectivity index (χ1) is 16.6. The molecule has 1 aliphatic rings. The minimum absolute atomic E-state index is 0.286. The van der Waals surface area contributed by atoms with E-state index in [4.69, 9.17) is 13.9 Å². The maximum Gasteiger partial charge on any atom is 0.255 e. The summed E-state index contributed by atoms with van der Waals surface area (Å²) in [7, 11) is 1.57. The molecule has 4 aromatic rings. The number of nitrogens with zero attached hydrogens (tertiary/aromatic N) is 1. The number of anilines is 1. The van der Waals surface area contributed by atoms with Crippen molar-refractivity contribution in [2.45, 2.75) is 6.61 Å². The molecule has 0 unspecified atom stereocenters. The van der Waals surface area contributed by atoms with Crippen LogP contribution in [0, 0.1) is 5.82 Å². The summed E-state index contributed by atoms with van der Waals surface area (Å²) in [6.45, 7) is 3.08. The van der Waals surface area contributed by atoms with E-state index < -0.39 is 0 Å². The fourth-order valence-corrected chi connectivity index (χ4v) is 4.17. The van der Waals surface area contributed by atoms with Gasteiger partial charge in [-0.25, -0.2) is 4.39 Å². The zero-order chi connectivity index (χ0) is 23.5. The summed E-state index contributed by atoms with van der Waals surface area (Å²) < 4.78 is 31.5. The van der Waals surface area contributed by atoms with Crippen molar-refractivity contribution in [2.75, 3.05) is 38.3 Å². The topological polar surface area (TPSA) is 63.9 Å². The Labute approximate surface area is 196 Å². The Morgan fingerprint density at radius 2 is 1.79 bits per heavy atom. The van der Waals surface area contributed by atoms with E-state index >= 15 is 0 Å². The highest BCUT2D eigenvalue weighted by Gasteiger charge is 2.25. The molecule has 0 aliphatic carbocycles. The summed E-state index contributed by atoms with van der Waals surface area (Å²) >= 11 is 0. The summed E-state index contributed by atoms with van der Waals surface area (Å²) in [4.78, 5) is 15.1. The van der Waals surface area contributed by atoms with Gasteiger partial charge in [-0.3, -0.25) is 4.79 Å². The number of carbonyl (C=O) groups excluding carboxylic acids is 1. The molecule has 1 saturated heterocycles.